The molecule has 180 valence electrons. The van der Waals surface area contributed by atoms with E-state index >= 15 is 0 Å². The number of rotatable bonds is 7. The maximum absolute atomic E-state index is 13.7. The molecule has 2 aliphatic rings. The molecule has 34 heavy (non-hydrogen) atoms. The van der Waals surface area contributed by atoms with Gasteiger partial charge in [0.05, 0.1) is 0 Å². The van der Waals surface area contributed by atoms with Crippen molar-refractivity contribution in [1.82, 2.24) is 9.80 Å². The Balaban J connectivity index is 1.31. The van der Waals surface area contributed by atoms with Gasteiger partial charge < -0.3 is 14.7 Å². The molecule has 1 aliphatic carbocycles. The Morgan fingerprint density at radius 2 is 1.76 bits per heavy atom. The van der Waals surface area contributed by atoms with Crippen molar-refractivity contribution in [1.29, 1.82) is 0 Å². The van der Waals surface area contributed by atoms with Crippen molar-refractivity contribution in [2.24, 2.45) is 0 Å². The zero-order chi connectivity index (χ0) is 23.5. The molecule has 5 rings (SSSR count). The number of piperazine rings is 1. The monoisotopic (exact) mass is 478 g/mol. The third kappa shape index (κ3) is 5.14. The van der Waals surface area contributed by atoms with E-state index in [1.807, 2.05) is 30.3 Å². The van der Waals surface area contributed by atoms with Gasteiger partial charge in [-0.25, -0.2) is 0 Å². The zero-order valence-corrected chi connectivity index (χ0v) is 20.8. The van der Waals surface area contributed by atoms with Crippen molar-refractivity contribution in [3.05, 3.63) is 58.5 Å². The number of fused-ring (bicyclic) bond motifs is 1. The van der Waals surface area contributed by atoms with E-state index in [2.05, 4.69) is 16.8 Å². The molecule has 3 aromatic rings. The number of carbonyl (C=O) groups excluding carboxylic acids is 1. The van der Waals surface area contributed by atoms with Gasteiger partial charge in [0, 0.05) is 58.8 Å². The van der Waals surface area contributed by atoms with Gasteiger partial charge in [0.2, 0.25) is 0 Å². The molecule has 1 aliphatic heterocycles. The molecule has 1 saturated carbocycles. The highest BCUT2D eigenvalue weighted by molar-refractivity contribution is 7.19. The van der Waals surface area contributed by atoms with E-state index < -0.39 is 0 Å². The molecule has 5 nitrogen and oxygen atoms in total. The highest BCUT2D eigenvalue weighted by atomic mass is 32.1. The van der Waals surface area contributed by atoms with Gasteiger partial charge in [0.25, 0.3) is 0 Å². The zero-order valence-electron chi connectivity index (χ0n) is 20.0. The highest BCUT2D eigenvalue weighted by Gasteiger charge is 2.27. The van der Waals surface area contributed by atoms with E-state index in [4.69, 9.17) is 4.74 Å². The summed E-state index contributed by atoms with van der Waals surface area (Å²) in [7, 11) is 2.16. The van der Waals surface area contributed by atoms with Crippen molar-refractivity contribution in [2.45, 2.75) is 38.0 Å². The molecule has 2 fully saturated rings. The molecule has 1 saturated heterocycles. The summed E-state index contributed by atoms with van der Waals surface area (Å²) >= 11 is 1.68. The fourth-order valence-corrected chi connectivity index (χ4v) is 6.61. The maximum atomic E-state index is 13.7. The average molecular weight is 479 g/mol. The molecule has 0 radical (unpaired) electrons. The minimum absolute atomic E-state index is 0.0708. The second kappa shape index (κ2) is 10.5. The van der Waals surface area contributed by atoms with Crippen LogP contribution < -0.4 is 4.74 Å². The summed E-state index contributed by atoms with van der Waals surface area (Å²) in [6.45, 7) is 5.97. The number of likely N-dealkylation sites (N-methyl/N-ethyl adjacent to an activating group) is 1. The Morgan fingerprint density at radius 3 is 2.50 bits per heavy atom. The lowest BCUT2D eigenvalue weighted by Gasteiger charge is -2.32. The van der Waals surface area contributed by atoms with Crippen LogP contribution in [-0.4, -0.2) is 67.1 Å². The van der Waals surface area contributed by atoms with Crippen LogP contribution in [-0.2, 0) is 0 Å². The molecule has 0 bridgehead atoms. The standard InChI is InChI=1S/C28H34N2O3S/c1-29-13-15-30(16-14-29)17-18-33-23-10-7-20(8-11-23)27(32)26-24-12-9-22(31)19-25(24)34-28(26)21-5-3-2-4-6-21/h7-12,19,21,31H,2-6,13-18H2,1H3. The number of hydrogen-bond acceptors (Lipinski definition) is 6. The van der Waals surface area contributed by atoms with E-state index in [9.17, 15) is 9.90 Å². The van der Waals surface area contributed by atoms with Gasteiger partial charge >= 0.3 is 0 Å². The average Bonchev–Trinajstić information content (AvgIpc) is 3.24. The summed E-state index contributed by atoms with van der Waals surface area (Å²) in [6, 6.07) is 13.0. The van der Waals surface area contributed by atoms with E-state index in [1.165, 1.54) is 24.1 Å². The van der Waals surface area contributed by atoms with Crippen molar-refractivity contribution in [3.63, 3.8) is 0 Å². The molecule has 0 spiro atoms. The summed E-state index contributed by atoms with van der Waals surface area (Å²) in [5, 5.41) is 11.0. The number of phenolic OH excluding ortho intramolecular Hbond substituents is 1. The first-order valence-electron chi connectivity index (χ1n) is 12.5. The molecule has 1 N–H and O–H groups in total. The van der Waals surface area contributed by atoms with E-state index in [-0.39, 0.29) is 11.5 Å². The van der Waals surface area contributed by atoms with E-state index in [1.54, 1.807) is 23.5 Å². The molecule has 6 heteroatoms. The number of nitrogens with zero attached hydrogens (tertiary/aromatic N) is 2. The van der Waals surface area contributed by atoms with Gasteiger partial charge in [0.1, 0.15) is 18.1 Å². The highest BCUT2D eigenvalue weighted by Crippen LogP contribution is 2.44. The first kappa shape index (κ1) is 23.3. The van der Waals surface area contributed by atoms with Crippen molar-refractivity contribution >= 4 is 27.2 Å². The Bertz CT molecular complexity index is 1130. The lowest BCUT2D eigenvalue weighted by Crippen LogP contribution is -2.45. The van der Waals surface area contributed by atoms with Crippen LogP contribution in [0.1, 0.15) is 58.8 Å². The lowest BCUT2D eigenvalue weighted by molar-refractivity contribution is 0.103. The van der Waals surface area contributed by atoms with Gasteiger partial charge in [-0.3, -0.25) is 9.69 Å². The molecular formula is C28H34N2O3S. The molecular weight excluding hydrogens is 444 g/mol. The van der Waals surface area contributed by atoms with Gasteiger partial charge in [-0.1, -0.05) is 19.3 Å². The minimum atomic E-state index is 0.0708. The third-order valence-corrected chi connectivity index (χ3v) is 8.61. The van der Waals surface area contributed by atoms with Crippen LogP contribution in [0.15, 0.2) is 42.5 Å². The van der Waals surface area contributed by atoms with Crippen molar-refractivity contribution in [3.8, 4) is 11.5 Å². The van der Waals surface area contributed by atoms with Crippen LogP contribution in [0.5, 0.6) is 11.5 Å². The fraction of sp³-hybridized carbons (Fsp3) is 0.464. The van der Waals surface area contributed by atoms with Gasteiger partial charge in [-0.2, -0.15) is 0 Å². The predicted octanol–water partition coefficient (Wildman–Crippen LogP) is 5.51. The number of ketones is 1. The normalized spacial score (nSPS) is 18.4. The van der Waals surface area contributed by atoms with Crippen molar-refractivity contribution in [2.75, 3.05) is 46.4 Å². The molecule has 1 aromatic heterocycles. The predicted molar refractivity (Wildman–Crippen MR) is 139 cm³/mol. The molecule has 0 unspecified atom stereocenters. The Labute approximate surface area is 205 Å². The molecule has 0 atom stereocenters. The fourth-order valence-electron chi connectivity index (χ4n) is 5.20. The molecule has 2 heterocycles. The Hall–Kier alpha value is -2.41. The SMILES string of the molecule is CN1CCN(CCOc2ccc(C(=O)c3c(C4CCCCC4)sc4cc(O)ccc34)cc2)CC1. The van der Waals surface area contributed by atoms with E-state index in [0.29, 0.717) is 18.1 Å². The number of aromatic hydroxyl groups is 1. The van der Waals surface area contributed by atoms with Crippen LogP contribution in [0.4, 0.5) is 0 Å². The van der Waals surface area contributed by atoms with Gasteiger partial charge in [-0.15, -0.1) is 11.3 Å². The Kier molecular flexibility index (Phi) is 7.18. The Morgan fingerprint density at radius 1 is 1.03 bits per heavy atom. The number of hydrogen-bond donors (Lipinski definition) is 1. The summed E-state index contributed by atoms with van der Waals surface area (Å²) in [6.07, 6.45) is 6.00. The first-order valence-corrected chi connectivity index (χ1v) is 13.3. The first-order chi connectivity index (χ1) is 16.6. The van der Waals surface area contributed by atoms with Crippen LogP contribution in [0.2, 0.25) is 0 Å². The largest absolute Gasteiger partial charge is 0.508 e. The van der Waals surface area contributed by atoms with Crippen LogP contribution >= 0.6 is 11.3 Å². The second-order valence-corrected chi connectivity index (χ2v) is 10.8. The number of phenols is 1. The van der Waals surface area contributed by atoms with Gasteiger partial charge in [-0.05, 0) is 68.3 Å². The summed E-state index contributed by atoms with van der Waals surface area (Å²) in [5.41, 5.74) is 1.52. The maximum Gasteiger partial charge on any atom is 0.194 e. The second-order valence-electron chi connectivity index (χ2n) is 9.70. The number of carbonyl (C=O) groups is 1. The number of benzene rings is 2. The van der Waals surface area contributed by atoms with Crippen molar-refractivity contribution < 1.29 is 14.6 Å². The summed E-state index contributed by atoms with van der Waals surface area (Å²) in [5.74, 6) is 1.56. The van der Waals surface area contributed by atoms with E-state index in [0.717, 1.165) is 67.0 Å². The van der Waals surface area contributed by atoms with Crippen LogP contribution in [0.25, 0.3) is 10.1 Å². The smallest absolute Gasteiger partial charge is 0.194 e. The number of thiophene rings is 1. The summed E-state index contributed by atoms with van der Waals surface area (Å²) < 4.78 is 6.96. The lowest BCUT2D eigenvalue weighted by atomic mass is 9.85. The number of ether oxygens (including phenoxy) is 1. The topological polar surface area (TPSA) is 53.0 Å². The summed E-state index contributed by atoms with van der Waals surface area (Å²) in [4.78, 5) is 19.7. The van der Waals surface area contributed by atoms with Gasteiger partial charge in [0.15, 0.2) is 5.78 Å². The third-order valence-electron chi connectivity index (χ3n) is 7.29. The minimum Gasteiger partial charge on any atom is -0.508 e. The van der Waals surface area contributed by atoms with Crippen LogP contribution in [0, 0.1) is 0 Å². The van der Waals surface area contributed by atoms with Crippen LogP contribution in [0.3, 0.4) is 0 Å². The quantitative estimate of drug-likeness (QED) is 0.454. The molecule has 2 aromatic carbocycles. The molecule has 0 amide bonds.